The molecule has 0 heterocycles. The fraction of sp³-hybridized carbons (Fsp3) is 0.837. The monoisotopic (exact) mass is 870 g/mol. The quantitative estimate of drug-likeness (QED) is 0.221. The predicted octanol–water partition coefficient (Wildman–Crippen LogP) is 6.79. The minimum atomic E-state index is -0.319. The number of rotatable bonds is 3. The fourth-order valence-electron chi connectivity index (χ4n) is 1.18. The summed E-state index contributed by atoms with van der Waals surface area (Å²) in [4.78, 5) is 66.2. The van der Waals surface area contributed by atoms with Crippen LogP contribution in [-0.2, 0) is 19.1 Å². The zero-order chi connectivity index (χ0) is 50.7. The molecule has 366 valence electrons. The van der Waals surface area contributed by atoms with Gasteiger partial charge in [-0.1, -0.05) is 53.4 Å². The molecule has 0 N–H and O–H groups in total. The van der Waals surface area contributed by atoms with Gasteiger partial charge < -0.3 is 48.7 Å². The van der Waals surface area contributed by atoms with Crippen LogP contribution in [0.2, 0.25) is 0 Å². The van der Waals surface area contributed by atoms with Gasteiger partial charge in [-0.3, -0.25) is 24.6 Å². The summed E-state index contributed by atoms with van der Waals surface area (Å²) >= 11 is 0. The van der Waals surface area contributed by atoms with Gasteiger partial charge in [0.05, 0.1) is 24.6 Å². The summed E-state index contributed by atoms with van der Waals surface area (Å²) in [5.41, 5.74) is 0. The van der Waals surface area contributed by atoms with Crippen LogP contribution in [0.5, 0.6) is 0 Å². The van der Waals surface area contributed by atoms with Crippen molar-refractivity contribution in [3.05, 3.63) is 0 Å². The van der Waals surface area contributed by atoms with Crippen LogP contribution in [0.1, 0.15) is 94.9 Å². The molecule has 0 aliphatic carbocycles. The van der Waals surface area contributed by atoms with Crippen molar-refractivity contribution < 1.29 is 28.7 Å². The molecule has 0 atom stereocenters. The summed E-state index contributed by atoms with van der Waals surface area (Å²) in [6.45, 7) is 20.5. The Balaban J connectivity index is -0.0000000583. The summed E-state index contributed by atoms with van der Waals surface area (Å²) in [7, 11) is 37.3. The Morgan fingerprint density at radius 1 is 0.383 bits per heavy atom. The van der Waals surface area contributed by atoms with Crippen LogP contribution < -0.4 is 0 Å². The fourth-order valence-corrected chi connectivity index (χ4v) is 1.18. The summed E-state index contributed by atoms with van der Waals surface area (Å²) in [6.07, 6.45) is 4.96. The molecule has 0 aromatic carbocycles. The third-order valence-electron chi connectivity index (χ3n) is 6.77. The minimum Gasteiger partial charge on any atom is -0.453 e. The number of nitrogens with zero attached hydrogens (tertiary/aromatic N) is 11. The maximum Gasteiger partial charge on any atom is 0.408 e. The molecule has 0 aliphatic rings. The Bertz CT molecular complexity index is 918. The molecule has 0 fully saturated rings. The second-order valence-electron chi connectivity index (χ2n) is 13.8. The summed E-state index contributed by atoms with van der Waals surface area (Å²) < 4.78 is 8.84. The smallest absolute Gasteiger partial charge is 0.408 e. The minimum absolute atomic E-state index is 0.0185. The van der Waals surface area contributed by atoms with Crippen LogP contribution in [0.3, 0.4) is 0 Å². The van der Waals surface area contributed by atoms with E-state index in [0.717, 1.165) is 24.1 Å². The van der Waals surface area contributed by atoms with Crippen LogP contribution in [0.4, 0.5) is 9.59 Å². The molecule has 0 radical (unpaired) electrons. The molecule has 0 spiro atoms. The van der Waals surface area contributed by atoms with Crippen LogP contribution in [0.15, 0.2) is 15.0 Å². The zero-order valence-electron chi connectivity index (χ0n) is 45.4. The molecule has 5 amide bonds. The van der Waals surface area contributed by atoms with Crippen molar-refractivity contribution in [1.29, 1.82) is 0 Å². The van der Waals surface area contributed by atoms with Crippen molar-refractivity contribution in [2.24, 2.45) is 15.0 Å². The number of amides is 5. The number of ether oxygens (including phenoxy) is 2. The molecular weight excluding hydrogens is 767 g/mol. The zero-order valence-corrected chi connectivity index (χ0v) is 45.4. The van der Waals surface area contributed by atoms with Crippen molar-refractivity contribution >= 4 is 41.4 Å². The van der Waals surface area contributed by atoms with E-state index >= 15 is 0 Å². The first-order valence-electron chi connectivity index (χ1n) is 20.1. The standard InChI is InChI=1S/C5H12N2O.3C5H12N2.C4H9NO2.2C4H9NO.2C4H10.C3H8O/c1-6(2)5(8)7(3)4;3*1-5(6-2)7(3)4;1-5(2)4(6)7-3;2*1-4(6)5(2)3;3*1-3-4-2/h1-4H3;3*1-4H3;1-3H3;2*1-3H3;2*3-4H2,1-2H3;3H2,1-2H3. The first-order valence-corrected chi connectivity index (χ1v) is 20.1. The van der Waals surface area contributed by atoms with Gasteiger partial charge in [-0.15, -0.1) is 0 Å². The van der Waals surface area contributed by atoms with Crippen LogP contribution >= 0.6 is 0 Å². The van der Waals surface area contributed by atoms with Gasteiger partial charge in [-0.05, 0) is 27.7 Å². The van der Waals surface area contributed by atoms with E-state index < -0.39 is 0 Å². The maximum atomic E-state index is 10.7. The van der Waals surface area contributed by atoms with E-state index in [-0.39, 0.29) is 23.9 Å². The van der Waals surface area contributed by atoms with E-state index in [0.29, 0.717) is 0 Å². The molecule has 0 saturated heterocycles. The number of hydrogen-bond acceptors (Lipinski definition) is 9. The van der Waals surface area contributed by atoms with Crippen LogP contribution in [-0.4, -0.2) is 235 Å². The van der Waals surface area contributed by atoms with E-state index in [1.807, 2.05) is 84.7 Å². The van der Waals surface area contributed by atoms with E-state index in [2.05, 4.69) is 52.1 Å². The van der Waals surface area contributed by atoms with Crippen molar-refractivity contribution in [1.82, 2.24) is 39.2 Å². The third kappa shape index (κ3) is 99.7. The Labute approximate surface area is 373 Å². The molecule has 17 heteroatoms. The van der Waals surface area contributed by atoms with Crippen LogP contribution in [0, 0.1) is 0 Å². The summed E-state index contributed by atoms with van der Waals surface area (Å²) in [6, 6.07) is 0.0185. The van der Waals surface area contributed by atoms with Gasteiger partial charge in [-0.2, -0.15) is 0 Å². The number of methoxy groups -OCH3 is 2. The largest absolute Gasteiger partial charge is 0.453 e. The van der Waals surface area contributed by atoms with Gasteiger partial charge in [-0.25, -0.2) is 9.59 Å². The molecule has 0 unspecified atom stereocenters. The number of carbonyl (C=O) groups excluding carboxylic acids is 4. The lowest BCUT2D eigenvalue weighted by Crippen LogP contribution is -2.33. The Hall–Kier alpha value is -4.15. The van der Waals surface area contributed by atoms with Gasteiger partial charge in [0.1, 0.15) is 0 Å². The highest BCUT2D eigenvalue weighted by molar-refractivity contribution is 5.79. The second kappa shape index (κ2) is 61.5. The Morgan fingerprint density at radius 3 is 0.567 bits per heavy atom. The van der Waals surface area contributed by atoms with Gasteiger partial charge in [0, 0.05) is 161 Å². The normalized spacial score (nSPS) is 9.22. The lowest BCUT2D eigenvalue weighted by Gasteiger charge is -2.16. The number of unbranched alkanes of at least 4 members (excludes halogenated alkanes) is 2. The van der Waals surface area contributed by atoms with E-state index in [1.165, 1.54) is 71.1 Å². The molecule has 0 aromatic heterocycles. The number of carbonyl (C=O) groups is 4. The summed E-state index contributed by atoms with van der Waals surface area (Å²) in [5.74, 6) is 3.35. The highest BCUT2D eigenvalue weighted by Crippen LogP contribution is 1.84. The van der Waals surface area contributed by atoms with E-state index in [4.69, 9.17) is 0 Å². The first kappa shape index (κ1) is 79.9. The molecular formula is C43H103N11O6. The molecule has 0 aliphatic heterocycles. The van der Waals surface area contributed by atoms with Crippen LogP contribution in [0.25, 0.3) is 0 Å². The second-order valence-corrected chi connectivity index (χ2v) is 13.8. The molecule has 0 aromatic rings. The van der Waals surface area contributed by atoms with Gasteiger partial charge >= 0.3 is 12.1 Å². The van der Waals surface area contributed by atoms with Crippen molar-refractivity contribution in [2.75, 3.05) is 155 Å². The Morgan fingerprint density at radius 2 is 0.567 bits per heavy atom. The Kier molecular flexibility index (Phi) is 81.9. The van der Waals surface area contributed by atoms with Crippen molar-refractivity contribution in [3.63, 3.8) is 0 Å². The average molecular weight is 870 g/mol. The predicted molar refractivity (Wildman–Crippen MR) is 264 cm³/mol. The van der Waals surface area contributed by atoms with Gasteiger partial charge in [0.25, 0.3) is 0 Å². The average Bonchev–Trinajstić information content (AvgIpc) is 3.20. The van der Waals surface area contributed by atoms with Gasteiger partial charge in [0.15, 0.2) is 0 Å². The highest BCUT2D eigenvalue weighted by atomic mass is 16.5. The number of amidine groups is 3. The molecule has 0 bridgehead atoms. The lowest BCUT2D eigenvalue weighted by molar-refractivity contribution is -0.127. The SMILES string of the molecule is CC(=O)N(C)C.CC(=O)N(C)C.CCCC.CCCC.CCOC.CN(C)C(=O)N(C)C.CN=C(C)N(C)C.CN=C(C)N(C)C.CN=C(C)N(C)C.COC(=O)N(C)C. The number of hydrogen-bond donors (Lipinski definition) is 0. The lowest BCUT2D eigenvalue weighted by atomic mass is 10.4. The first-order chi connectivity index (χ1) is 27.3. The molecule has 60 heavy (non-hydrogen) atoms. The molecule has 0 saturated carbocycles. The number of urea groups is 1. The van der Waals surface area contributed by atoms with E-state index in [1.54, 1.807) is 98.7 Å². The van der Waals surface area contributed by atoms with Gasteiger partial charge in [0.2, 0.25) is 11.8 Å². The summed E-state index contributed by atoms with van der Waals surface area (Å²) in [5, 5.41) is 0. The third-order valence-corrected chi connectivity index (χ3v) is 6.77. The topological polar surface area (TPSA) is 150 Å². The highest BCUT2D eigenvalue weighted by Gasteiger charge is 2.02. The maximum absolute atomic E-state index is 10.7. The number of aliphatic imine (C=N–C) groups is 3. The van der Waals surface area contributed by atoms with E-state index in [9.17, 15) is 19.2 Å². The van der Waals surface area contributed by atoms with Crippen molar-refractivity contribution in [3.8, 4) is 0 Å². The molecule has 17 nitrogen and oxygen atoms in total. The molecule has 0 rings (SSSR count). The van der Waals surface area contributed by atoms with Crippen molar-refractivity contribution in [2.45, 2.75) is 94.9 Å².